The smallest absolute Gasteiger partial charge is 0.272 e. The molecule has 0 aromatic heterocycles. The number of hydrogen-bond acceptors (Lipinski definition) is 4. The van der Waals surface area contributed by atoms with Gasteiger partial charge in [0.2, 0.25) is 5.96 Å². The van der Waals surface area contributed by atoms with E-state index in [1.807, 2.05) is 0 Å². The molecule has 0 aliphatic carbocycles. The normalized spacial score (nSPS) is 18.4. The number of carbonyl (C=O) groups excluding carboxylic acids is 1. The zero-order chi connectivity index (χ0) is 7.72. The Balaban J connectivity index is 3.03. The Morgan fingerprint density at radius 3 is 2.80 bits per heavy atom. The van der Waals surface area contributed by atoms with E-state index in [1.54, 1.807) is 0 Å². The second kappa shape index (κ2) is 2.14. The summed E-state index contributed by atoms with van der Waals surface area (Å²) in [5.74, 6) is -0.868. The van der Waals surface area contributed by atoms with Crippen LogP contribution in [-0.4, -0.2) is 22.6 Å². The first-order chi connectivity index (χ1) is 4.61. The molecule has 0 saturated heterocycles. The van der Waals surface area contributed by atoms with Crippen molar-refractivity contribution in [2.24, 2.45) is 10.7 Å². The van der Waals surface area contributed by atoms with Crippen LogP contribution in [-0.2, 0) is 4.79 Å². The zero-order valence-electron chi connectivity index (χ0n) is 4.84. The zero-order valence-corrected chi connectivity index (χ0v) is 5.66. The van der Waals surface area contributed by atoms with Gasteiger partial charge in [0, 0.05) is 0 Å². The van der Waals surface area contributed by atoms with E-state index in [1.165, 1.54) is 0 Å². The number of nitrogens with one attached hydrogen (secondary N) is 2. The van der Waals surface area contributed by atoms with E-state index in [2.05, 4.69) is 22.5 Å². The number of guanidine groups is 1. The lowest BCUT2D eigenvalue weighted by molar-refractivity contribution is -0.113. The van der Waals surface area contributed by atoms with Crippen LogP contribution in [0, 0.1) is 5.41 Å². The van der Waals surface area contributed by atoms with Crippen LogP contribution in [0.1, 0.15) is 0 Å². The van der Waals surface area contributed by atoms with Crippen molar-refractivity contribution in [2.45, 2.75) is 0 Å². The van der Waals surface area contributed by atoms with Gasteiger partial charge in [-0.05, 0) is 0 Å². The molecule has 52 valence electrons. The second-order valence-electron chi connectivity index (χ2n) is 1.63. The van der Waals surface area contributed by atoms with Crippen LogP contribution >= 0.6 is 12.2 Å². The third kappa shape index (κ3) is 1.01. The number of aliphatic imine (C=N–C) groups is 1. The predicted octanol–water partition coefficient (Wildman–Crippen LogP) is -1.22. The number of nitrogens with zero attached hydrogens (tertiary/aromatic N) is 1. The van der Waals surface area contributed by atoms with Crippen LogP contribution in [0.15, 0.2) is 4.99 Å². The van der Waals surface area contributed by atoms with Crippen molar-refractivity contribution in [1.29, 1.82) is 5.41 Å². The molecule has 1 amide bonds. The van der Waals surface area contributed by atoms with Crippen molar-refractivity contribution in [3.05, 3.63) is 0 Å². The molecule has 0 bridgehead atoms. The van der Waals surface area contributed by atoms with Gasteiger partial charge in [0.1, 0.15) is 4.86 Å². The highest BCUT2D eigenvalue weighted by Crippen LogP contribution is 1.88. The standard InChI is InChI=1S/C4H4N4OS/c5-2-1(10)3(9)8-4(6)7-2/h(H4,5,6,7,8,9). The molecule has 1 heterocycles. The fraction of sp³-hybridized carbons (Fsp3) is 0. The lowest BCUT2D eigenvalue weighted by atomic mass is 10.3. The van der Waals surface area contributed by atoms with Crippen LogP contribution in [0.4, 0.5) is 0 Å². The summed E-state index contributed by atoms with van der Waals surface area (Å²) in [5.41, 5.74) is 5.17. The summed E-state index contributed by atoms with van der Waals surface area (Å²) < 4.78 is 0. The molecule has 0 aromatic rings. The average Bonchev–Trinajstić information content (AvgIpc) is 1.82. The topological polar surface area (TPSA) is 91.3 Å². The molecule has 0 atom stereocenters. The highest BCUT2D eigenvalue weighted by Gasteiger charge is 2.19. The molecular weight excluding hydrogens is 152 g/mol. The number of amidine groups is 1. The van der Waals surface area contributed by atoms with Crippen molar-refractivity contribution in [1.82, 2.24) is 5.32 Å². The average molecular weight is 156 g/mol. The largest absolute Gasteiger partial charge is 0.382 e. The first-order valence-corrected chi connectivity index (χ1v) is 2.80. The fourth-order valence-corrected chi connectivity index (χ4v) is 0.576. The number of rotatable bonds is 0. The third-order valence-electron chi connectivity index (χ3n) is 0.903. The van der Waals surface area contributed by atoms with Crippen molar-refractivity contribution in [3.8, 4) is 0 Å². The first kappa shape index (κ1) is 6.81. The van der Waals surface area contributed by atoms with Gasteiger partial charge < -0.3 is 5.73 Å². The number of amides is 1. The lowest BCUT2D eigenvalue weighted by Gasteiger charge is -2.09. The summed E-state index contributed by atoms with van der Waals surface area (Å²) in [6.07, 6.45) is 0. The number of thiocarbonyl (C=S) groups is 1. The molecule has 0 radical (unpaired) electrons. The van der Waals surface area contributed by atoms with E-state index in [9.17, 15) is 4.79 Å². The monoisotopic (exact) mass is 156 g/mol. The van der Waals surface area contributed by atoms with Gasteiger partial charge in [-0.2, -0.15) is 4.99 Å². The molecule has 1 rings (SSSR count). The molecule has 0 saturated carbocycles. The summed E-state index contributed by atoms with van der Waals surface area (Å²) in [7, 11) is 0. The summed E-state index contributed by atoms with van der Waals surface area (Å²) in [4.78, 5) is 14.0. The predicted molar refractivity (Wildman–Crippen MR) is 40.1 cm³/mol. The number of carbonyl (C=O) groups is 1. The van der Waals surface area contributed by atoms with Gasteiger partial charge in [-0.1, -0.05) is 12.2 Å². The van der Waals surface area contributed by atoms with Crippen molar-refractivity contribution in [3.63, 3.8) is 0 Å². The minimum absolute atomic E-state index is 0.0593. The molecule has 4 N–H and O–H groups in total. The first-order valence-electron chi connectivity index (χ1n) is 2.39. The Labute approximate surface area is 61.8 Å². The van der Waals surface area contributed by atoms with Crippen LogP contribution in [0.25, 0.3) is 0 Å². The molecule has 5 nitrogen and oxygen atoms in total. The van der Waals surface area contributed by atoms with Gasteiger partial charge in [0.15, 0.2) is 5.84 Å². The molecule has 1 aliphatic heterocycles. The highest BCUT2D eigenvalue weighted by atomic mass is 32.1. The summed E-state index contributed by atoms with van der Waals surface area (Å²) >= 11 is 4.54. The summed E-state index contributed by atoms with van der Waals surface area (Å²) in [6.45, 7) is 0. The molecule has 0 unspecified atom stereocenters. The second-order valence-corrected chi connectivity index (χ2v) is 2.04. The quantitative estimate of drug-likeness (QED) is 0.384. The molecule has 10 heavy (non-hydrogen) atoms. The van der Waals surface area contributed by atoms with Crippen molar-refractivity contribution < 1.29 is 4.79 Å². The number of hydrogen-bond donors (Lipinski definition) is 3. The Morgan fingerprint density at radius 2 is 2.30 bits per heavy atom. The lowest BCUT2D eigenvalue weighted by Crippen LogP contribution is -2.45. The Hall–Kier alpha value is -1.30. The highest BCUT2D eigenvalue weighted by molar-refractivity contribution is 7.84. The van der Waals surface area contributed by atoms with Crippen LogP contribution in [0.3, 0.4) is 0 Å². The van der Waals surface area contributed by atoms with Crippen LogP contribution in [0.2, 0.25) is 0 Å². The number of nitrogens with two attached hydrogens (primary N) is 1. The van der Waals surface area contributed by atoms with Gasteiger partial charge in [-0.15, -0.1) is 0 Å². The Morgan fingerprint density at radius 1 is 1.70 bits per heavy atom. The fourth-order valence-electron chi connectivity index (χ4n) is 0.480. The van der Waals surface area contributed by atoms with Gasteiger partial charge in [-0.25, -0.2) is 0 Å². The van der Waals surface area contributed by atoms with Gasteiger partial charge >= 0.3 is 0 Å². The van der Waals surface area contributed by atoms with Gasteiger partial charge in [-0.3, -0.25) is 15.5 Å². The van der Waals surface area contributed by atoms with Crippen molar-refractivity contribution in [2.75, 3.05) is 0 Å². The van der Waals surface area contributed by atoms with E-state index in [-0.39, 0.29) is 16.7 Å². The maximum Gasteiger partial charge on any atom is 0.272 e. The van der Waals surface area contributed by atoms with E-state index < -0.39 is 5.91 Å². The third-order valence-corrected chi connectivity index (χ3v) is 1.30. The van der Waals surface area contributed by atoms with Crippen molar-refractivity contribution >= 4 is 34.8 Å². The maximum absolute atomic E-state index is 10.7. The van der Waals surface area contributed by atoms with E-state index in [4.69, 9.17) is 11.1 Å². The van der Waals surface area contributed by atoms with E-state index >= 15 is 0 Å². The minimum Gasteiger partial charge on any atom is -0.382 e. The Bertz CT molecular complexity index is 256. The van der Waals surface area contributed by atoms with Gasteiger partial charge in [0.25, 0.3) is 5.91 Å². The molecule has 6 heteroatoms. The minimum atomic E-state index is -0.535. The van der Waals surface area contributed by atoms with E-state index in [0.29, 0.717) is 0 Å². The molecule has 0 aromatic carbocycles. The van der Waals surface area contributed by atoms with Gasteiger partial charge in [0.05, 0.1) is 0 Å². The molecule has 0 spiro atoms. The summed E-state index contributed by atoms with van der Waals surface area (Å²) in [6, 6.07) is 0. The Kier molecular flexibility index (Phi) is 1.46. The van der Waals surface area contributed by atoms with E-state index in [0.717, 1.165) is 0 Å². The SMILES string of the molecule is N=C1N=C(N)C(=S)C(=O)N1. The molecular formula is C4H4N4OS. The van der Waals surface area contributed by atoms with Crippen LogP contribution in [0.5, 0.6) is 0 Å². The van der Waals surface area contributed by atoms with Crippen LogP contribution < -0.4 is 11.1 Å². The molecule has 1 aliphatic rings. The maximum atomic E-state index is 10.7. The summed E-state index contributed by atoms with van der Waals surface area (Å²) in [5, 5.41) is 8.98. The molecule has 0 fully saturated rings.